The van der Waals surface area contributed by atoms with Gasteiger partial charge in [0.15, 0.2) is 0 Å². The Morgan fingerprint density at radius 2 is 2.05 bits per heavy atom. The monoisotopic (exact) mass is 316 g/mol. The van der Waals surface area contributed by atoms with Crippen molar-refractivity contribution in [2.24, 2.45) is 11.1 Å². The first-order valence-electron chi connectivity index (χ1n) is 7.05. The molecule has 0 unspecified atom stereocenters. The number of nitrogens with zero attached hydrogens (tertiary/aromatic N) is 1. The molecule has 0 aliphatic carbocycles. The molecule has 1 aliphatic heterocycles. The van der Waals surface area contributed by atoms with Gasteiger partial charge in [0.1, 0.15) is 4.90 Å². The molecule has 0 spiro atoms. The molecule has 2 heterocycles. The van der Waals surface area contributed by atoms with E-state index >= 15 is 0 Å². The van der Waals surface area contributed by atoms with Crippen LogP contribution in [0.5, 0.6) is 0 Å². The zero-order valence-electron chi connectivity index (χ0n) is 12.5. The van der Waals surface area contributed by atoms with E-state index < -0.39 is 10.0 Å². The summed E-state index contributed by atoms with van der Waals surface area (Å²) in [5.74, 6) is 0. The summed E-state index contributed by atoms with van der Waals surface area (Å²) in [6.07, 6.45) is 2.91. The highest BCUT2D eigenvalue weighted by atomic mass is 32.2. The number of sulfonamides is 1. The lowest BCUT2D eigenvalue weighted by molar-refractivity contribution is 0.314. The van der Waals surface area contributed by atoms with Gasteiger partial charge in [0.2, 0.25) is 10.0 Å². The van der Waals surface area contributed by atoms with Crippen LogP contribution < -0.4 is 5.73 Å². The van der Waals surface area contributed by atoms with Crippen molar-refractivity contribution in [2.75, 3.05) is 13.1 Å². The topological polar surface area (TPSA) is 63.4 Å². The Labute approximate surface area is 126 Å². The van der Waals surface area contributed by atoms with Crippen molar-refractivity contribution in [3.63, 3.8) is 0 Å². The molecule has 1 saturated heterocycles. The van der Waals surface area contributed by atoms with E-state index in [1.165, 1.54) is 11.3 Å². The van der Waals surface area contributed by atoms with Crippen LogP contribution in [-0.2, 0) is 16.6 Å². The maximum Gasteiger partial charge on any atom is 0.244 e. The molecule has 2 N–H and O–H groups in total. The van der Waals surface area contributed by atoms with Crippen molar-refractivity contribution in [1.82, 2.24) is 4.31 Å². The number of rotatable bonds is 3. The smallest absolute Gasteiger partial charge is 0.244 e. The Morgan fingerprint density at radius 3 is 2.70 bits per heavy atom. The second-order valence-electron chi connectivity index (χ2n) is 6.30. The predicted molar refractivity (Wildman–Crippen MR) is 83.3 cm³/mol. The summed E-state index contributed by atoms with van der Waals surface area (Å²) in [7, 11) is -3.40. The lowest BCUT2D eigenvalue weighted by atomic mass is 9.85. The van der Waals surface area contributed by atoms with Crippen molar-refractivity contribution in [3.05, 3.63) is 15.8 Å². The van der Waals surface area contributed by atoms with Crippen molar-refractivity contribution in [2.45, 2.75) is 51.5 Å². The predicted octanol–water partition coefficient (Wildman–Crippen LogP) is 2.72. The Bertz CT molecular complexity index is 576. The molecule has 0 atom stereocenters. The summed E-state index contributed by atoms with van der Waals surface area (Å²) in [6, 6.07) is 0. The van der Waals surface area contributed by atoms with Crippen LogP contribution in [0.15, 0.2) is 10.3 Å². The average molecular weight is 316 g/mol. The molecule has 0 amide bonds. The zero-order chi connectivity index (χ0) is 15.0. The Kier molecular flexibility index (Phi) is 4.59. The van der Waals surface area contributed by atoms with Gasteiger partial charge in [0.25, 0.3) is 0 Å². The van der Waals surface area contributed by atoms with Crippen LogP contribution in [0.4, 0.5) is 0 Å². The van der Waals surface area contributed by atoms with Crippen molar-refractivity contribution in [3.8, 4) is 0 Å². The van der Waals surface area contributed by atoms with E-state index in [1.54, 1.807) is 4.31 Å². The van der Waals surface area contributed by atoms with Gasteiger partial charge in [-0.15, -0.1) is 11.3 Å². The van der Waals surface area contributed by atoms with Crippen LogP contribution in [0.3, 0.4) is 0 Å². The molecule has 1 aromatic rings. The van der Waals surface area contributed by atoms with E-state index in [4.69, 9.17) is 5.73 Å². The number of nitrogens with two attached hydrogens (primary N) is 1. The Morgan fingerprint density at radius 1 is 1.35 bits per heavy atom. The first-order chi connectivity index (χ1) is 9.28. The second-order valence-corrected chi connectivity index (χ2v) is 9.14. The molecule has 1 aliphatic rings. The molecule has 1 fully saturated rings. The van der Waals surface area contributed by atoms with Crippen molar-refractivity contribution < 1.29 is 8.42 Å². The average Bonchev–Trinajstić information content (AvgIpc) is 2.64. The van der Waals surface area contributed by atoms with Gasteiger partial charge >= 0.3 is 0 Å². The minimum atomic E-state index is -3.40. The van der Waals surface area contributed by atoms with E-state index in [0.29, 0.717) is 18.0 Å². The SMILES string of the molecule is Cc1csc(CN)c1S(=O)(=O)N1CCCC(C)(C)CC1. The molecule has 6 heteroatoms. The van der Waals surface area contributed by atoms with E-state index in [0.717, 1.165) is 29.7 Å². The van der Waals surface area contributed by atoms with Gasteiger partial charge in [0.05, 0.1) is 0 Å². The molecule has 0 aromatic carbocycles. The fourth-order valence-corrected chi connectivity index (χ4v) is 5.87. The van der Waals surface area contributed by atoms with Gasteiger partial charge in [0, 0.05) is 24.5 Å². The number of aryl methyl sites for hydroxylation is 1. The molecule has 20 heavy (non-hydrogen) atoms. The van der Waals surface area contributed by atoms with Crippen LogP contribution >= 0.6 is 11.3 Å². The van der Waals surface area contributed by atoms with Gasteiger partial charge in [-0.2, -0.15) is 4.31 Å². The van der Waals surface area contributed by atoms with Crippen molar-refractivity contribution >= 4 is 21.4 Å². The van der Waals surface area contributed by atoms with E-state index in [1.807, 2.05) is 12.3 Å². The second kappa shape index (κ2) is 5.75. The normalized spacial score (nSPS) is 20.8. The molecule has 114 valence electrons. The summed E-state index contributed by atoms with van der Waals surface area (Å²) in [5, 5.41) is 1.89. The highest BCUT2D eigenvalue weighted by Gasteiger charge is 2.33. The molecule has 2 rings (SSSR count). The lowest BCUT2D eigenvalue weighted by Gasteiger charge is -2.23. The van der Waals surface area contributed by atoms with Gasteiger partial charge in [-0.25, -0.2) is 8.42 Å². The molecule has 0 bridgehead atoms. The molecule has 0 saturated carbocycles. The first-order valence-corrected chi connectivity index (χ1v) is 9.37. The Hall–Kier alpha value is -0.430. The van der Waals surface area contributed by atoms with Crippen LogP contribution in [0.25, 0.3) is 0 Å². The summed E-state index contributed by atoms with van der Waals surface area (Å²) in [6.45, 7) is 7.78. The van der Waals surface area contributed by atoms with Gasteiger partial charge in [-0.05, 0) is 42.5 Å². The largest absolute Gasteiger partial charge is 0.326 e. The maximum atomic E-state index is 12.9. The molecular weight excluding hydrogens is 292 g/mol. The maximum absolute atomic E-state index is 12.9. The summed E-state index contributed by atoms with van der Waals surface area (Å²) in [4.78, 5) is 1.22. The van der Waals surface area contributed by atoms with Crippen molar-refractivity contribution in [1.29, 1.82) is 0 Å². The number of hydrogen-bond acceptors (Lipinski definition) is 4. The van der Waals surface area contributed by atoms with Crippen LogP contribution in [0, 0.1) is 12.3 Å². The first kappa shape index (κ1) is 15.9. The third-order valence-corrected chi connectivity index (χ3v) is 7.46. The van der Waals surface area contributed by atoms with Gasteiger partial charge in [-0.1, -0.05) is 13.8 Å². The van der Waals surface area contributed by atoms with Crippen LogP contribution in [-0.4, -0.2) is 25.8 Å². The number of thiophene rings is 1. The highest BCUT2D eigenvalue weighted by molar-refractivity contribution is 7.89. The van der Waals surface area contributed by atoms with E-state index in [9.17, 15) is 8.42 Å². The molecule has 4 nitrogen and oxygen atoms in total. The van der Waals surface area contributed by atoms with Crippen LogP contribution in [0.1, 0.15) is 43.6 Å². The minimum Gasteiger partial charge on any atom is -0.326 e. The fraction of sp³-hybridized carbons (Fsp3) is 0.714. The molecule has 0 radical (unpaired) electrons. The fourth-order valence-electron chi connectivity index (χ4n) is 2.74. The molecular formula is C14H24N2O2S2. The lowest BCUT2D eigenvalue weighted by Crippen LogP contribution is -2.33. The third kappa shape index (κ3) is 3.08. The Balaban J connectivity index is 2.33. The summed E-state index contributed by atoms with van der Waals surface area (Å²) >= 11 is 1.44. The standard InChI is InChI=1S/C14H24N2O2S2/c1-11-10-19-12(9-15)13(11)20(17,18)16-7-4-5-14(2,3)6-8-16/h10H,4-9,15H2,1-3H3. The summed E-state index contributed by atoms with van der Waals surface area (Å²) < 4.78 is 27.4. The quantitative estimate of drug-likeness (QED) is 0.932. The third-order valence-electron chi connectivity index (χ3n) is 4.07. The van der Waals surface area contributed by atoms with Gasteiger partial charge in [-0.3, -0.25) is 0 Å². The van der Waals surface area contributed by atoms with E-state index in [2.05, 4.69) is 13.8 Å². The minimum absolute atomic E-state index is 0.227. The van der Waals surface area contributed by atoms with E-state index in [-0.39, 0.29) is 12.0 Å². The zero-order valence-corrected chi connectivity index (χ0v) is 14.1. The van der Waals surface area contributed by atoms with Gasteiger partial charge < -0.3 is 5.73 Å². The summed E-state index contributed by atoms with van der Waals surface area (Å²) in [5.41, 5.74) is 6.74. The molecule has 1 aromatic heterocycles. The number of hydrogen-bond donors (Lipinski definition) is 1. The van der Waals surface area contributed by atoms with Crippen LogP contribution in [0.2, 0.25) is 0 Å². The highest BCUT2D eigenvalue weighted by Crippen LogP contribution is 2.34.